The molecule has 1 saturated heterocycles. The van der Waals surface area contributed by atoms with Gasteiger partial charge in [0.15, 0.2) is 0 Å². The molecule has 0 aliphatic carbocycles. The molecule has 0 saturated carbocycles. The second kappa shape index (κ2) is 9.24. The first kappa shape index (κ1) is 21.7. The zero-order chi connectivity index (χ0) is 20.9. The average molecular weight is 419 g/mol. The summed E-state index contributed by atoms with van der Waals surface area (Å²) in [6.45, 7) is 4.80. The lowest BCUT2D eigenvalue weighted by Crippen LogP contribution is -2.45. The van der Waals surface area contributed by atoms with E-state index in [0.29, 0.717) is 32.8 Å². The average Bonchev–Trinajstić information content (AvgIpc) is 2.72. The molecule has 1 fully saturated rings. The molecule has 29 heavy (non-hydrogen) atoms. The van der Waals surface area contributed by atoms with Gasteiger partial charge in [-0.15, -0.1) is 0 Å². The van der Waals surface area contributed by atoms with Crippen LogP contribution in [0.25, 0.3) is 11.1 Å². The maximum atomic E-state index is 12.6. The highest BCUT2D eigenvalue weighted by atomic mass is 32.2. The number of hydrogen-bond acceptors (Lipinski definition) is 4. The molecular formula is C22H30N2O4S. The molecule has 2 aromatic rings. The Balaban J connectivity index is 1.71. The Morgan fingerprint density at radius 2 is 1.76 bits per heavy atom. The third-order valence-corrected chi connectivity index (χ3v) is 7.15. The number of pyridine rings is 1. The predicted molar refractivity (Wildman–Crippen MR) is 115 cm³/mol. The molecule has 3 rings (SSSR count). The van der Waals surface area contributed by atoms with Crippen molar-refractivity contribution >= 4 is 10.0 Å². The van der Waals surface area contributed by atoms with Gasteiger partial charge in [0.2, 0.25) is 10.0 Å². The standard InChI is InChI=1S/C22H30N2O4S/c1-3-28-18-22(11-15-24(16-12-22)29(2,26)27)10-14-23-13-9-20(17-21(23)25)19-7-5-4-6-8-19/h4-9,13,17H,3,10-12,14-16,18H2,1-2H3. The Bertz CT molecular complexity index is 962. The van der Waals surface area contributed by atoms with Gasteiger partial charge < -0.3 is 9.30 Å². The lowest BCUT2D eigenvalue weighted by atomic mass is 9.77. The summed E-state index contributed by atoms with van der Waals surface area (Å²) >= 11 is 0. The van der Waals surface area contributed by atoms with E-state index in [9.17, 15) is 13.2 Å². The summed E-state index contributed by atoms with van der Waals surface area (Å²) in [4.78, 5) is 12.6. The molecule has 158 valence electrons. The van der Waals surface area contributed by atoms with Crippen LogP contribution < -0.4 is 5.56 Å². The van der Waals surface area contributed by atoms with Gasteiger partial charge in [0.25, 0.3) is 5.56 Å². The third kappa shape index (κ3) is 5.56. The Hall–Kier alpha value is -1.96. The number of benzene rings is 1. The maximum Gasteiger partial charge on any atom is 0.251 e. The number of sulfonamides is 1. The van der Waals surface area contributed by atoms with E-state index in [1.807, 2.05) is 49.5 Å². The van der Waals surface area contributed by atoms with E-state index in [0.717, 1.165) is 30.4 Å². The van der Waals surface area contributed by atoms with Crippen LogP contribution in [0.5, 0.6) is 0 Å². The summed E-state index contributed by atoms with van der Waals surface area (Å²) in [7, 11) is -3.16. The molecule has 1 aromatic heterocycles. The summed E-state index contributed by atoms with van der Waals surface area (Å²) in [5, 5.41) is 0. The normalized spacial score (nSPS) is 17.3. The number of ether oxygens (including phenoxy) is 1. The minimum atomic E-state index is -3.16. The van der Waals surface area contributed by atoms with Crippen molar-refractivity contribution in [2.45, 2.75) is 32.7 Å². The Labute approximate surface area is 173 Å². The second-order valence-electron chi connectivity index (χ2n) is 7.86. The summed E-state index contributed by atoms with van der Waals surface area (Å²) in [5.74, 6) is 0. The molecule has 1 aliphatic heterocycles. The number of nitrogens with zero attached hydrogens (tertiary/aromatic N) is 2. The van der Waals surface area contributed by atoms with E-state index >= 15 is 0 Å². The molecule has 0 bridgehead atoms. The van der Waals surface area contributed by atoms with Crippen molar-refractivity contribution < 1.29 is 13.2 Å². The number of aromatic nitrogens is 1. The van der Waals surface area contributed by atoms with Crippen LogP contribution >= 0.6 is 0 Å². The van der Waals surface area contributed by atoms with E-state index < -0.39 is 10.0 Å². The van der Waals surface area contributed by atoms with Crippen LogP contribution in [-0.2, 0) is 21.3 Å². The molecule has 7 heteroatoms. The van der Waals surface area contributed by atoms with E-state index in [1.54, 1.807) is 10.6 Å². The molecule has 0 spiro atoms. The minimum absolute atomic E-state index is 0.0218. The number of piperidine rings is 1. The monoisotopic (exact) mass is 418 g/mol. The molecule has 0 unspecified atom stereocenters. The van der Waals surface area contributed by atoms with Crippen molar-refractivity contribution in [2.75, 3.05) is 32.6 Å². The van der Waals surface area contributed by atoms with Gasteiger partial charge in [-0.05, 0) is 48.8 Å². The van der Waals surface area contributed by atoms with E-state index in [2.05, 4.69) is 0 Å². The van der Waals surface area contributed by atoms with E-state index in [-0.39, 0.29) is 11.0 Å². The molecular weight excluding hydrogens is 388 g/mol. The van der Waals surface area contributed by atoms with Crippen LogP contribution in [0.15, 0.2) is 53.5 Å². The summed E-state index contributed by atoms with van der Waals surface area (Å²) in [6.07, 6.45) is 5.39. The van der Waals surface area contributed by atoms with Crippen LogP contribution in [0.1, 0.15) is 26.2 Å². The second-order valence-corrected chi connectivity index (χ2v) is 9.84. The van der Waals surface area contributed by atoms with Gasteiger partial charge in [0, 0.05) is 38.5 Å². The van der Waals surface area contributed by atoms with Gasteiger partial charge in [0.1, 0.15) is 0 Å². The van der Waals surface area contributed by atoms with Crippen LogP contribution in [0.4, 0.5) is 0 Å². The van der Waals surface area contributed by atoms with Gasteiger partial charge in [-0.25, -0.2) is 12.7 Å². The molecule has 0 amide bonds. The molecule has 1 aliphatic rings. The van der Waals surface area contributed by atoms with Gasteiger partial charge in [0.05, 0.1) is 12.9 Å². The van der Waals surface area contributed by atoms with Crippen molar-refractivity contribution in [1.82, 2.24) is 8.87 Å². The smallest absolute Gasteiger partial charge is 0.251 e. The summed E-state index contributed by atoms with van der Waals surface area (Å²) in [5.41, 5.74) is 1.82. The topological polar surface area (TPSA) is 68.6 Å². The third-order valence-electron chi connectivity index (χ3n) is 5.85. The first-order chi connectivity index (χ1) is 13.8. The molecule has 0 N–H and O–H groups in total. The fraction of sp³-hybridized carbons (Fsp3) is 0.500. The lowest BCUT2D eigenvalue weighted by molar-refractivity contribution is 0.0100. The predicted octanol–water partition coefficient (Wildman–Crippen LogP) is 2.98. The van der Waals surface area contributed by atoms with Crippen LogP contribution in [0.3, 0.4) is 0 Å². The van der Waals surface area contributed by atoms with Crippen LogP contribution in [0, 0.1) is 5.41 Å². The van der Waals surface area contributed by atoms with Crippen molar-refractivity contribution in [2.24, 2.45) is 5.41 Å². The molecule has 0 radical (unpaired) electrons. The number of rotatable bonds is 8. The van der Waals surface area contributed by atoms with Crippen molar-refractivity contribution in [3.8, 4) is 11.1 Å². The zero-order valence-corrected chi connectivity index (χ0v) is 18.0. The Kier molecular flexibility index (Phi) is 6.93. The van der Waals surface area contributed by atoms with Crippen LogP contribution in [-0.4, -0.2) is 49.8 Å². The maximum absolute atomic E-state index is 12.6. The van der Waals surface area contributed by atoms with Crippen LogP contribution in [0.2, 0.25) is 0 Å². The Morgan fingerprint density at radius 3 is 2.34 bits per heavy atom. The first-order valence-corrected chi connectivity index (χ1v) is 12.0. The zero-order valence-electron chi connectivity index (χ0n) is 17.2. The minimum Gasteiger partial charge on any atom is -0.381 e. The quantitative estimate of drug-likeness (QED) is 0.661. The van der Waals surface area contributed by atoms with Gasteiger partial charge >= 0.3 is 0 Å². The largest absolute Gasteiger partial charge is 0.381 e. The highest BCUT2D eigenvalue weighted by Crippen LogP contribution is 2.36. The highest BCUT2D eigenvalue weighted by molar-refractivity contribution is 7.88. The van der Waals surface area contributed by atoms with Gasteiger partial charge in [-0.3, -0.25) is 4.79 Å². The van der Waals surface area contributed by atoms with E-state index in [4.69, 9.17) is 4.74 Å². The van der Waals surface area contributed by atoms with Crippen molar-refractivity contribution in [1.29, 1.82) is 0 Å². The highest BCUT2D eigenvalue weighted by Gasteiger charge is 2.37. The SMILES string of the molecule is CCOCC1(CCn2ccc(-c3ccccc3)cc2=O)CCN(S(C)(=O)=O)CC1. The molecule has 0 atom stereocenters. The summed E-state index contributed by atoms with van der Waals surface area (Å²) < 4.78 is 32.7. The van der Waals surface area contributed by atoms with Gasteiger partial charge in [-0.1, -0.05) is 30.3 Å². The summed E-state index contributed by atoms with van der Waals surface area (Å²) in [6, 6.07) is 13.5. The fourth-order valence-electron chi connectivity index (χ4n) is 3.94. The lowest BCUT2D eigenvalue weighted by Gasteiger charge is -2.41. The van der Waals surface area contributed by atoms with Crippen molar-refractivity contribution in [3.63, 3.8) is 0 Å². The molecule has 6 nitrogen and oxygen atoms in total. The fourth-order valence-corrected chi connectivity index (χ4v) is 4.78. The molecule has 1 aromatic carbocycles. The van der Waals surface area contributed by atoms with Gasteiger partial charge in [-0.2, -0.15) is 0 Å². The number of hydrogen-bond donors (Lipinski definition) is 0. The van der Waals surface area contributed by atoms with Crippen molar-refractivity contribution in [3.05, 3.63) is 59.0 Å². The molecule has 2 heterocycles. The van der Waals surface area contributed by atoms with E-state index in [1.165, 1.54) is 10.6 Å². The Morgan fingerprint density at radius 1 is 1.07 bits per heavy atom. The first-order valence-electron chi connectivity index (χ1n) is 10.1. The number of aryl methyl sites for hydroxylation is 1.